The second-order valence-corrected chi connectivity index (χ2v) is 9.55. The largest absolute Gasteiger partial charge is 0.494 e. The van der Waals surface area contributed by atoms with Crippen LogP contribution in [0.15, 0.2) is 45.9 Å². The Morgan fingerprint density at radius 1 is 1.18 bits per heavy atom. The Morgan fingerprint density at radius 2 is 1.94 bits per heavy atom. The summed E-state index contributed by atoms with van der Waals surface area (Å²) in [4.78, 5) is 16.5. The fourth-order valence-electron chi connectivity index (χ4n) is 3.43. The van der Waals surface area contributed by atoms with Gasteiger partial charge in [0.2, 0.25) is 5.88 Å². The number of aromatic nitrogens is 1. The molecule has 2 heterocycles. The van der Waals surface area contributed by atoms with E-state index in [0.29, 0.717) is 11.1 Å². The molecule has 0 fully saturated rings. The molecule has 3 aromatic rings. The van der Waals surface area contributed by atoms with E-state index >= 15 is 0 Å². The highest BCUT2D eigenvalue weighted by Crippen LogP contribution is 2.37. The van der Waals surface area contributed by atoms with Crippen LogP contribution in [0.2, 0.25) is 0 Å². The number of nitrogens with zero attached hydrogens (tertiary/aromatic N) is 2. The number of esters is 1. The van der Waals surface area contributed by atoms with Gasteiger partial charge in [0, 0.05) is 23.4 Å². The Labute approximate surface area is 202 Å². The summed E-state index contributed by atoms with van der Waals surface area (Å²) in [5.74, 6) is -1.63. The van der Waals surface area contributed by atoms with Crippen LogP contribution in [-0.4, -0.2) is 33.6 Å². The zero-order valence-electron chi connectivity index (χ0n) is 17.7. The minimum absolute atomic E-state index is 0.0757. The summed E-state index contributed by atoms with van der Waals surface area (Å²) in [7, 11) is -1.79. The number of nitrogens with one attached hydrogen (secondary N) is 1. The fourth-order valence-corrected chi connectivity index (χ4v) is 5.47. The predicted molar refractivity (Wildman–Crippen MR) is 122 cm³/mol. The topological polar surface area (TPSA) is 128 Å². The van der Waals surface area contributed by atoms with Crippen LogP contribution >= 0.6 is 15.9 Å². The first kappa shape index (κ1) is 23.5. The first-order valence-corrected chi connectivity index (χ1v) is 11.8. The molecule has 1 N–H and O–H groups in total. The highest BCUT2D eigenvalue weighted by Gasteiger charge is 2.28. The van der Waals surface area contributed by atoms with Gasteiger partial charge >= 0.3 is 5.97 Å². The van der Waals surface area contributed by atoms with Crippen molar-refractivity contribution in [2.45, 2.75) is 11.5 Å². The van der Waals surface area contributed by atoms with Crippen LogP contribution in [0.1, 0.15) is 21.5 Å². The molecule has 2 aromatic carbocycles. The second kappa shape index (κ2) is 8.92. The highest BCUT2D eigenvalue weighted by atomic mass is 79.9. The number of nitriles is 1. The number of fused-ring (bicyclic) bond motifs is 6. The van der Waals surface area contributed by atoms with Gasteiger partial charge in [0.1, 0.15) is 29.0 Å². The number of carbonyl (C=O) groups excluding carboxylic acids is 1. The number of hydrogen-bond acceptors (Lipinski definition) is 8. The number of carbonyl (C=O) groups is 1. The third-order valence-corrected chi connectivity index (χ3v) is 6.99. The number of hydrogen-bond donors (Lipinski definition) is 1. The lowest BCUT2D eigenvalue weighted by Gasteiger charge is -2.15. The fraction of sp³-hybridized carbons (Fsp3) is 0.136. The molecule has 12 heteroatoms. The Hall–Kier alpha value is -3.69. The summed E-state index contributed by atoms with van der Waals surface area (Å²) in [6, 6.07) is 7.99. The summed E-state index contributed by atoms with van der Waals surface area (Å²) in [6.07, 6.45) is 1.38. The van der Waals surface area contributed by atoms with Crippen LogP contribution in [0.4, 0.5) is 10.1 Å². The van der Waals surface area contributed by atoms with Crippen LogP contribution in [0.3, 0.4) is 0 Å². The van der Waals surface area contributed by atoms with Gasteiger partial charge in [0.05, 0.1) is 29.9 Å². The number of benzene rings is 2. The molecule has 0 amide bonds. The molecule has 0 spiro atoms. The molecule has 4 bridgehead atoms. The lowest BCUT2D eigenvalue weighted by atomic mass is 9.99. The maximum Gasteiger partial charge on any atom is 0.338 e. The van der Waals surface area contributed by atoms with Crippen molar-refractivity contribution < 1.29 is 31.8 Å². The van der Waals surface area contributed by atoms with E-state index in [1.165, 1.54) is 38.6 Å². The van der Waals surface area contributed by atoms with E-state index in [-0.39, 0.29) is 39.5 Å². The van der Waals surface area contributed by atoms with Crippen molar-refractivity contribution >= 4 is 37.6 Å². The van der Waals surface area contributed by atoms with E-state index < -0.39 is 32.3 Å². The van der Waals surface area contributed by atoms with E-state index in [1.54, 1.807) is 6.07 Å². The van der Waals surface area contributed by atoms with Crippen LogP contribution < -0.4 is 14.2 Å². The number of pyridine rings is 1. The lowest BCUT2D eigenvalue weighted by molar-refractivity contribution is 0.0472. The van der Waals surface area contributed by atoms with Crippen molar-refractivity contribution in [1.29, 1.82) is 5.26 Å². The monoisotopic (exact) mass is 547 g/mol. The third kappa shape index (κ3) is 4.15. The molecule has 0 atom stereocenters. The quantitative estimate of drug-likeness (QED) is 0.476. The van der Waals surface area contributed by atoms with Gasteiger partial charge in [-0.2, -0.15) is 5.26 Å². The van der Waals surface area contributed by atoms with Gasteiger partial charge in [-0.3, -0.25) is 4.72 Å². The summed E-state index contributed by atoms with van der Waals surface area (Å²) in [5, 5.41) is 9.48. The van der Waals surface area contributed by atoms with E-state index in [2.05, 4.69) is 25.6 Å². The van der Waals surface area contributed by atoms with Gasteiger partial charge in [-0.15, -0.1) is 0 Å². The number of halogens is 2. The molecule has 0 aliphatic carbocycles. The first-order valence-electron chi connectivity index (χ1n) is 9.53. The number of methoxy groups -OCH3 is 2. The van der Waals surface area contributed by atoms with Crippen LogP contribution in [-0.2, 0) is 21.4 Å². The standard InChI is InChI=1S/C22H15BrFN3O6S/c1-31-20-7-13-10-33-22(28)12-3-16(23)21(32-2)19(6-12)34(29,30)27-18-5-11(15(13)9-26-20)4-17(24)14(18)8-25/h3-7,9,27H,10H2,1-2H3. The molecule has 34 heavy (non-hydrogen) atoms. The van der Waals surface area contributed by atoms with Crippen molar-refractivity contribution in [1.82, 2.24) is 4.98 Å². The average molecular weight is 548 g/mol. The molecule has 0 unspecified atom stereocenters. The molecule has 0 saturated carbocycles. The summed E-state index contributed by atoms with van der Waals surface area (Å²) in [6.45, 7) is -0.247. The summed E-state index contributed by atoms with van der Waals surface area (Å²) < 4.78 is 59.7. The highest BCUT2D eigenvalue weighted by molar-refractivity contribution is 9.10. The Bertz CT molecular complexity index is 1490. The molecule has 1 aliphatic rings. The van der Waals surface area contributed by atoms with Crippen molar-refractivity contribution in [3.8, 4) is 28.8 Å². The molecule has 0 saturated heterocycles. The van der Waals surface area contributed by atoms with Gasteiger partial charge in [0.15, 0.2) is 5.75 Å². The minimum atomic E-state index is -4.45. The number of rotatable bonds is 2. The van der Waals surface area contributed by atoms with Crippen LogP contribution in [0.25, 0.3) is 11.1 Å². The van der Waals surface area contributed by atoms with Crippen molar-refractivity contribution in [3.63, 3.8) is 0 Å². The number of ether oxygens (including phenoxy) is 3. The lowest BCUT2D eigenvalue weighted by Crippen LogP contribution is -2.17. The van der Waals surface area contributed by atoms with Gasteiger partial charge in [-0.25, -0.2) is 22.6 Å². The number of sulfonamides is 1. The van der Waals surface area contributed by atoms with E-state index in [1.807, 2.05) is 0 Å². The van der Waals surface area contributed by atoms with Crippen molar-refractivity contribution in [3.05, 3.63) is 63.5 Å². The Kier molecular flexibility index (Phi) is 6.16. The molecule has 1 aromatic heterocycles. The number of anilines is 1. The normalized spacial score (nSPS) is 14.1. The second-order valence-electron chi connectivity index (χ2n) is 7.05. The summed E-state index contributed by atoms with van der Waals surface area (Å²) >= 11 is 3.21. The SMILES string of the molecule is COc1cc2c(cn1)-c1cc(F)c(C#N)c(c1)NS(=O)(=O)c1cc(cc(Br)c1OC)C(=O)OC2. The minimum Gasteiger partial charge on any atom is -0.494 e. The molecule has 0 radical (unpaired) electrons. The van der Waals surface area contributed by atoms with Gasteiger partial charge in [-0.1, -0.05) is 0 Å². The Balaban J connectivity index is 2.04. The maximum atomic E-state index is 14.9. The zero-order chi connectivity index (χ0) is 24.6. The van der Waals surface area contributed by atoms with Gasteiger partial charge in [0.25, 0.3) is 10.0 Å². The first-order chi connectivity index (χ1) is 16.2. The smallest absolute Gasteiger partial charge is 0.338 e. The molecule has 174 valence electrons. The van der Waals surface area contributed by atoms with Crippen molar-refractivity contribution in [2.24, 2.45) is 0 Å². The molecular formula is C22H15BrFN3O6S. The summed E-state index contributed by atoms with van der Waals surface area (Å²) in [5.41, 5.74) is 0.0937. The van der Waals surface area contributed by atoms with E-state index in [4.69, 9.17) is 14.2 Å². The zero-order valence-corrected chi connectivity index (χ0v) is 20.1. The molecule has 4 rings (SSSR count). The van der Waals surface area contributed by atoms with Crippen molar-refractivity contribution in [2.75, 3.05) is 18.9 Å². The molecule has 9 nitrogen and oxygen atoms in total. The third-order valence-electron chi connectivity index (χ3n) is 5.03. The van der Waals surface area contributed by atoms with E-state index in [9.17, 15) is 22.9 Å². The predicted octanol–water partition coefficient (Wildman–Crippen LogP) is 4.01. The van der Waals surface area contributed by atoms with Gasteiger partial charge in [-0.05, 0) is 45.8 Å². The molecule has 1 aliphatic heterocycles. The van der Waals surface area contributed by atoms with Crippen LogP contribution in [0, 0.1) is 17.1 Å². The average Bonchev–Trinajstić information content (AvgIpc) is 2.81. The maximum absolute atomic E-state index is 14.9. The Morgan fingerprint density at radius 3 is 2.62 bits per heavy atom. The van der Waals surface area contributed by atoms with Gasteiger partial charge < -0.3 is 14.2 Å². The van der Waals surface area contributed by atoms with Crippen LogP contribution in [0.5, 0.6) is 11.6 Å². The number of cyclic esters (lactones) is 1. The molecular weight excluding hydrogens is 533 g/mol. The van der Waals surface area contributed by atoms with E-state index in [0.717, 1.165) is 12.1 Å².